The Morgan fingerprint density at radius 3 is 2.61 bits per heavy atom. The van der Waals surface area contributed by atoms with Crippen LogP contribution in [-0.2, 0) is 9.53 Å². The van der Waals surface area contributed by atoms with Gasteiger partial charge in [0, 0.05) is 67.7 Å². The topological polar surface area (TPSA) is 87.8 Å². The van der Waals surface area contributed by atoms with Crippen LogP contribution in [0.5, 0.6) is 0 Å². The summed E-state index contributed by atoms with van der Waals surface area (Å²) in [6.45, 7) is 7.15. The number of rotatable bonds is 4. The summed E-state index contributed by atoms with van der Waals surface area (Å²) in [7, 11) is 0. The molecule has 2 saturated heterocycles. The number of hydrogen-bond donors (Lipinski definition) is 1. The summed E-state index contributed by atoms with van der Waals surface area (Å²) in [6.07, 6.45) is 3.01. The molecule has 33 heavy (non-hydrogen) atoms. The lowest BCUT2D eigenvalue weighted by atomic mass is 10.0. The van der Waals surface area contributed by atoms with Crippen molar-refractivity contribution in [2.45, 2.75) is 32.2 Å². The molecule has 0 radical (unpaired) electrons. The van der Waals surface area contributed by atoms with Gasteiger partial charge in [0.2, 0.25) is 11.9 Å². The van der Waals surface area contributed by atoms with Crippen LogP contribution in [0.3, 0.4) is 0 Å². The molecule has 0 spiro atoms. The molecule has 1 saturated carbocycles. The molecule has 1 aliphatic carbocycles. The molecule has 176 valence electrons. The lowest BCUT2D eigenvalue weighted by molar-refractivity contribution is -0.132. The molecule has 1 aromatic carbocycles. The molecule has 2 aromatic rings. The quantitative estimate of drug-likeness (QED) is 0.734. The first-order chi connectivity index (χ1) is 16.0. The zero-order valence-corrected chi connectivity index (χ0v) is 19.8. The van der Waals surface area contributed by atoms with Gasteiger partial charge in [-0.2, -0.15) is 4.98 Å². The highest BCUT2D eigenvalue weighted by atomic mass is 35.5. The van der Waals surface area contributed by atoms with E-state index < -0.39 is 0 Å². The second kappa shape index (κ2) is 9.35. The van der Waals surface area contributed by atoms with E-state index in [0.717, 1.165) is 74.7 Å². The maximum Gasteiger partial charge on any atom is 0.225 e. The first-order valence-corrected chi connectivity index (χ1v) is 12.2. The summed E-state index contributed by atoms with van der Waals surface area (Å²) >= 11 is 6.85. The van der Waals surface area contributed by atoms with Crippen LogP contribution in [0.1, 0.15) is 36.6 Å². The first kappa shape index (κ1) is 22.2. The third kappa shape index (κ3) is 4.87. The Morgan fingerprint density at radius 1 is 1.12 bits per heavy atom. The van der Waals surface area contributed by atoms with Crippen molar-refractivity contribution in [3.63, 3.8) is 0 Å². The number of nitrogens with two attached hydrogens (primary N) is 1. The third-order valence-corrected chi connectivity index (χ3v) is 7.05. The summed E-state index contributed by atoms with van der Waals surface area (Å²) in [4.78, 5) is 27.6. The molecule has 9 heteroatoms. The van der Waals surface area contributed by atoms with E-state index in [1.807, 2.05) is 24.0 Å². The monoisotopic (exact) mass is 470 g/mol. The van der Waals surface area contributed by atoms with Gasteiger partial charge in [-0.05, 0) is 43.9 Å². The molecule has 8 nitrogen and oxygen atoms in total. The van der Waals surface area contributed by atoms with Gasteiger partial charge in [0.15, 0.2) is 0 Å². The van der Waals surface area contributed by atoms with Gasteiger partial charge in [0.25, 0.3) is 0 Å². The van der Waals surface area contributed by atoms with E-state index in [9.17, 15) is 4.79 Å². The number of aromatic nitrogens is 2. The van der Waals surface area contributed by atoms with Crippen LogP contribution in [0.25, 0.3) is 0 Å². The van der Waals surface area contributed by atoms with Crippen molar-refractivity contribution < 1.29 is 9.53 Å². The van der Waals surface area contributed by atoms with Crippen LogP contribution in [0, 0.1) is 12.8 Å². The number of halogens is 1. The minimum absolute atomic E-state index is 0.0595. The van der Waals surface area contributed by atoms with E-state index in [2.05, 4.69) is 31.9 Å². The number of aryl methyl sites for hydroxylation is 1. The average Bonchev–Trinajstić information content (AvgIpc) is 3.65. The van der Waals surface area contributed by atoms with Crippen molar-refractivity contribution in [2.24, 2.45) is 5.92 Å². The van der Waals surface area contributed by atoms with Crippen molar-refractivity contribution in [2.75, 3.05) is 61.5 Å². The van der Waals surface area contributed by atoms with Gasteiger partial charge in [0.05, 0.1) is 12.6 Å². The molecule has 3 heterocycles. The lowest BCUT2D eigenvalue weighted by Gasteiger charge is -2.37. The van der Waals surface area contributed by atoms with Crippen molar-refractivity contribution in [3.8, 4) is 0 Å². The van der Waals surface area contributed by atoms with Crippen molar-refractivity contribution in [3.05, 3.63) is 40.5 Å². The highest BCUT2D eigenvalue weighted by molar-refractivity contribution is 6.31. The Hall–Kier alpha value is -2.58. The van der Waals surface area contributed by atoms with Gasteiger partial charge in [-0.15, -0.1) is 0 Å². The van der Waals surface area contributed by atoms with Gasteiger partial charge in [-0.3, -0.25) is 4.79 Å². The maximum atomic E-state index is 12.3. The Bertz CT molecular complexity index is 1000. The maximum absolute atomic E-state index is 12.3. The van der Waals surface area contributed by atoms with Crippen LogP contribution in [0.4, 0.5) is 17.5 Å². The molecular weight excluding hydrogens is 440 g/mol. The minimum Gasteiger partial charge on any atom is -0.379 e. The van der Waals surface area contributed by atoms with Crippen LogP contribution in [0.15, 0.2) is 24.3 Å². The number of nitrogen functional groups attached to an aromatic ring is 1. The number of anilines is 3. The molecule has 2 N–H and O–H groups in total. The number of piperazine rings is 1. The standard InChI is InChI=1S/C24H31ClN6O2/c1-16-13-22(28-24(26)27-16)31-7-2-12-33-15-21(31)19-6-5-18(14-20(19)25)29-8-10-30(11-9-29)23(32)17-3-4-17/h5-6,13-14,17,21H,2-4,7-12,15H2,1H3,(H2,26,27,28). The zero-order valence-electron chi connectivity index (χ0n) is 19.0. The Morgan fingerprint density at radius 2 is 1.91 bits per heavy atom. The first-order valence-electron chi connectivity index (χ1n) is 11.8. The number of ether oxygens (including phenoxy) is 1. The molecule has 1 amide bonds. The fourth-order valence-electron chi connectivity index (χ4n) is 4.79. The highest BCUT2D eigenvalue weighted by Crippen LogP contribution is 2.36. The van der Waals surface area contributed by atoms with Gasteiger partial charge in [-0.1, -0.05) is 17.7 Å². The number of amides is 1. The molecule has 3 fully saturated rings. The van der Waals surface area contributed by atoms with Crippen LogP contribution < -0.4 is 15.5 Å². The summed E-state index contributed by atoms with van der Waals surface area (Å²) in [5.74, 6) is 1.68. The van der Waals surface area contributed by atoms with E-state index in [-0.39, 0.29) is 17.9 Å². The molecule has 3 aliphatic rings. The van der Waals surface area contributed by atoms with Crippen LogP contribution in [0.2, 0.25) is 5.02 Å². The van der Waals surface area contributed by atoms with E-state index in [1.165, 1.54) is 0 Å². The van der Waals surface area contributed by atoms with Gasteiger partial charge >= 0.3 is 0 Å². The van der Waals surface area contributed by atoms with Crippen molar-refractivity contribution in [1.82, 2.24) is 14.9 Å². The highest BCUT2D eigenvalue weighted by Gasteiger charge is 2.35. The summed E-state index contributed by atoms with van der Waals surface area (Å²) < 4.78 is 5.91. The van der Waals surface area contributed by atoms with Crippen LogP contribution in [-0.4, -0.2) is 66.7 Å². The average molecular weight is 471 g/mol. The van der Waals surface area contributed by atoms with E-state index in [4.69, 9.17) is 22.1 Å². The van der Waals surface area contributed by atoms with Gasteiger partial charge in [-0.25, -0.2) is 4.98 Å². The molecule has 0 bridgehead atoms. The van der Waals surface area contributed by atoms with E-state index in [1.54, 1.807) is 0 Å². The number of benzene rings is 1. The third-order valence-electron chi connectivity index (χ3n) is 6.72. The minimum atomic E-state index is -0.0595. The van der Waals surface area contributed by atoms with E-state index >= 15 is 0 Å². The molecule has 1 atom stereocenters. The molecular formula is C24H31ClN6O2. The number of hydrogen-bond acceptors (Lipinski definition) is 7. The SMILES string of the molecule is Cc1cc(N2CCCOCC2c2ccc(N3CCN(C(=O)C4CC4)CC3)cc2Cl)nc(N)n1. The van der Waals surface area contributed by atoms with Crippen molar-refractivity contribution in [1.29, 1.82) is 0 Å². The predicted octanol–water partition coefficient (Wildman–Crippen LogP) is 3.05. The Labute approximate surface area is 199 Å². The zero-order chi connectivity index (χ0) is 22.9. The van der Waals surface area contributed by atoms with Crippen molar-refractivity contribution >= 4 is 35.0 Å². The largest absolute Gasteiger partial charge is 0.379 e. The molecule has 1 aromatic heterocycles. The summed E-state index contributed by atoms with van der Waals surface area (Å²) in [5, 5.41) is 0.711. The fourth-order valence-corrected chi connectivity index (χ4v) is 5.09. The van der Waals surface area contributed by atoms with Gasteiger partial charge < -0.3 is 25.2 Å². The summed E-state index contributed by atoms with van der Waals surface area (Å²) in [6, 6.07) is 8.17. The second-order valence-electron chi connectivity index (χ2n) is 9.16. The number of nitrogens with zero attached hydrogens (tertiary/aromatic N) is 5. The van der Waals surface area contributed by atoms with E-state index in [0.29, 0.717) is 24.1 Å². The normalized spacial score (nSPS) is 21.8. The molecule has 1 unspecified atom stereocenters. The Balaban J connectivity index is 1.34. The fraction of sp³-hybridized carbons (Fsp3) is 0.542. The predicted molar refractivity (Wildman–Crippen MR) is 130 cm³/mol. The number of carbonyl (C=O) groups excluding carboxylic acids is 1. The lowest BCUT2D eigenvalue weighted by Crippen LogP contribution is -2.49. The Kier molecular flexibility index (Phi) is 6.29. The smallest absolute Gasteiger partial charge is 0.225 e. The number of carbonyl (C=O) groups is 1. The van der Waals surface area contributed by atoms with Crippen LogP contribution >= 0.6 is 11.6 Å². The van der Waals surface area contributed by atoms with Gasteiger partial charge in [0.1, 0.15) is 5.82 Å². The molecule has 2 aliphatic heterocycles. The summed E-state index contributed by atoms with van der Waals surface area (Å²) in [5.41, 5.74) is 8.87. The molecule has 5 rings (SSSR count). The second-order valence-corrected chi connectivity index (χ2v) is 9.56.